The largest absolute Gasteiger partial charge is 0.468 e. The number of carbonyl (C=O) groups excluding carboxylic acids is 1. The Kier molecular flexibility index (Phi) is 6.21. The molecule has 0 fully saturated rings. The Balaban J connectivity index is 2.56. The fourth-order valence-electron chi connectivity index (χ4n) is 1.80. The van der Waals surface area contributed by atoms with Crippen LogP contribution in [0.25, 0.3) is 0 Å². The molecule has 0 saturated carbocycles. The number of aryl methyl sites for hydroxylation is 1. The fourth-order valence-corrected chi connectivity index (χ4v) is 2.31. The summed E-state index contributed by atoms with van der Waals surface area (Å²) in [6.07, 6.45) is 1.56. The smallest absolute Gasteiger partial charge is 0.293 e. The van der Waals surface area contributed by atoms with Gasteiger partial charge in [-0.25, -0.2) is 4.98 Å². The topological polar surface area (TPSA) is 67.0 Å². The maximum atomic E-state index is 11.9. The summed E-state index contributed by atoms with van der Waals surface area (Å²) >= 11 is 4.32. The summed E-state index contributed by atoms with van der Waals surface area (Å²) in [6.45, 7) is 6.59. The van der Waals surface area contributed by atoms with Gasteiger partial charge in [-0.15, -0.1) is 0 Å². The molecule has 0 aliphatic rings. The average Bonchev–Trinajstić information content (AvgIpc) is 2.77. The molecule has 0 radical (unpaired) electrons. The number of imidazole rings is 1. The predicted molar refractivity (Wildman–Crippen MR) is 78.6 cm³/mol. The Morgan fingerprint density at radius 2 is 2.21 bits per heavy atom. The third-order valence-electron chi connectivity index (χ3n) is 2.81. The van der Waals surface area contributed by atoms with Crippen LogP contribution in [-0.2, 0) is 17.8 Å². The van der Waals surface area contributed by atoms with Crippen molar-refractivity contribution in [2.75, 3.05) is 7.11 Å². The standard InChI is InChI=1S/C13H23N3O2S/c1-5-9-10(16-13(15-9)18-4)7-14-12(17)11(19)6-8(2)3/h8,11,19H,5-7H2,1-4H3,(H,14,17)(H,15,16)/t11-/m0/s1. The van der Waals surface area contributed by atoms with E-state index in [1.165, 1.54) is 0 Å². The molecule has 1 rings (SSSR count). The van der Waals surface area contributed by atoms with Gasteiger partial charge in [-0.05, 0) is 18.8 Å². The van der Waals surface area contributed by atoms with E-state index in [4.69, 9.17) is 4.74 Å². The number of nitrogens with one attached hydrogen (secondary N) is 2. The molecule has 1 heterocycles. The van der Waals surface area contributed by atoms with Crippen LogP contribution in [-0.4, -0.2) is 28.2 Å². The Labute approximate surface area is 119 Å². The molecule has 1 aromatic heterocycles. The second kappa shape index (κ2) is 7.43. The zero-order chi connectivity index (χ0) is 14.4. The number of thiol groups is 1. The molecule has 5 nitrogen and oxygen atoms in total. The number of hydrogen-bond donors (Lipinski definition) is 3. The first-order valence-electron chi connectivity index (χ1n) is 6.55. The van der Waals surface area contributed by atoms with Crippen molar-refractivity contribution in [3.8, 4) is 6.01 Å². The van der Waals surface area contributed by atoms with E-state index in [0.29, 0.717) is 18.5 Å². The summed E-state index contributed by atoms with van der Waals surface area (Å²) in [5.74, 6) is 0.402. The van der Waals surface area contributed by atoms with Gasteiger partial charge in [-0.2, -0.15) is 12.6 Å². The van der Waals surface area contributed by atoms with Crippen molar-refractivity contribution < 1.29 is 9.53 Å². The average molecular weight is 285 g/mol. The van der Waals surface area contributed by atoms with Crippen LogP contribution >= 0.6 is 12.6 Å². The molecule has 2 N–H and O–H groups in total. The lowest BCUT2D eigenvalue weighted by atomic mass is 10.1. The van der Waals surface area contributed by atoms with E-state index in [-0.39, 0.29) is 11.2 Å². The van der Waals surface area contributed by atoms with Crippen LogP contribution in [0.1, 0.15) is 38.6 Å². The highest BCUT2D eigenvalue weighted by atomic mass is 32.1. The molecule has 0 spiro atoms. The van der Waals surface area contributed by atoms with Crippen molar-refractivity contribution in [1.29, 1.82) is 0 Å². The maximum Gasteiger partial charge on any atom is 0.293 e. The van der Waals surface area contributed by atoms with E-state index in [1.807, 2.05) is 6.92 Å². The predicted octanol–water partition coefficient (Wildman–Crippen LogP) is 1.94. The molecule has 0 aliphatic carbocycles. The van der Waals surface area contributed by atoms with Gasteiger partial charge in [-0.3, -0.25) is 4.79 Å². The van der Waals surface area contributed by atoms with Crippen LogP contribution in [0.5, 0.6) is 6.01 Å². The number of aromatic amines is 1. The van der Waals surface area contributed by atoms with Crippen LogP contribution in [0.2, 0.25) is 0 Å². The molecule has 1 atom stereocenters. The quantitative estimate of drug-likeness (QED) is 0.671. The number of methoxy groups -OCH3 is 1. The first-order chi connectivity index (χ1) is 8.97. The molecular formula is C13H23N3O2S. The first kappa shape index (κ1) is 15.9. The van der Waals surface area contributed by atoms with Crippen LogP contribution in [0, 0.1) is 5.92 Å². The van der Waals surface area contributed by atoms with Gasteiger partial charge in [-0.1, -0.05) is 20.8 Å². The number of rotatable bonds is 7. The second-order valence-electron chi connectivity index (χ2n) is 4.89. The minimum absolute atomic E-state index is 0.0485. The van der Waals surface area contributed by atoms with E-state index in [9.17, 15) is 4.79 Å². The van der Waals surface area contributed by atoms with Crippen molar-refractivity contribution in [3.05, 3.63) is 11.4 Å². The summed E-state index contributed by atoms with van der Waals surface area (Å²) in [6, 6.07) is 0.478. The number of amides is 1. The number of ether oxygens (including phenoxy) is 1. The summed E-state index contributed by atoms with van der Waals surface area (Å²) in [5, 5.41) is 2.61. The lowest BCUT2D eigenvalue weighted by molar-refractivity contribution is -0.121. The molecule has 0 aliphatic heterocycles. The van der Waals surface area contributed by atoms with Gasteiger partial charge < -0.3 is 15.0 Å². The molecule has 0 unspecified atom stereocenters. The number of carbonyl (C=O) groups is 1. The van der Waals surface area contributed by atoms with Crippen LogP contribution in [0.15, 0.2) is 0 Å². The second-order valence-corrected chi connectivity index (χ2v) is 5.51. The monoisotopic (exact) mass is 285 g/mol. The van der Waals surface area contributed by atoms with E-state index in [1.54, 1.807) is 7.11 Å². The molecule has 1 aromatic rings. The third-order valence-corrected chi connectivity index (χ3v) is 3.25. The Bertz CT molecular complexity index is 418. The van der Waals surface area contributed by atoms with Crippen molar-refractivity contribution in [2.24, 2.45) is 5.92 Å². The Morgan fingerprint density at radius 1 is 1.53 bits per heavy atom. The highest BCUT2D eigenvalue weighted by Crippen LogP contribution is 2.13. The Morgan fingerprint density at radius 3 is 2.74 bits per heavy atom. The van der Waals surface area contributed by atoms with Crippen molar-refractivity contribution in [3.63, 3.8) is 0 Å². The third kappa shape index (κ3) is 4.78. The lowest BCUT2D eigenvalue weighted by Gasteiger charge is -2.13. The van der Waals surface area contributed by atoms with Gasteiger partial charge in [0.2, 0.25) is 5.91 Å². The molecule has 19 heavy (non-hydrogen) atoms. The molecule has 1 amide bonds. The van der Waals surface area contributed by atoms with E-state index in [0.717, 1.165) is 24.2 Å². The number of aromatic nitrogens is 2. The van der Waals surface area contributed by atoms with Gasteiger partial charge in [0, 0.05) is 0 Å². The number of nitrogens with zero attached hydrogens (tertiary/aromatic N) is 1. The molecular weight excluding hydrogens is 262 g/mol. The molecule has 0 aromatic carbocycles. The zero-order valence-corrected chi connectivity index (χ0v) is 12.9. The van der Waals surface area contributed by atoms with Gasteiger partial charge in [0.25, 0.3) is 6.01 Å². The SMILES string of the molecule is CCc1nc(OC)[nH]c1CNC(=O)[C@@H](S)CC(C)C. The number of H-pyrrole nitrogens is 1. The minimum atomic E-state index is -0.269. The van der Waals surface area contributed by atoms with E-state index in [2.05, 4.69) is 41.8 Å². The van der Waals surface area contributed by atoms with Crippen LogP contribution in [0.4, 0.5) is 0 Å². The van der Waals surface area contributed by atoms with Crippen molar-refractivity contribution in [1.82, 2.24) is 15.3 Å². The minimum Gasteiger partial charge on any atom is -0.468 e. The highest BCUT2D eigenvalue weighted by molar-refractivity contribution is 7.81. The van der Waals surface area contributed by atoms with E-state index < -0.39 is 0 Å². The molecule has 0 bridgehead atoms. The van der Waals surface area contributed by atoms with Crippen LogP contribution in [0.3, 0.4) is 0 Å². The van der Waals surface area contributed by atoms with Crippen LogP contribution < -0.4 is 10.1 Å². The maximum absolute atomic E-state index is 11.9. The highest BCUT2D eigenvalue weighted by Gasteiger charge is 2.16. The summed E-state index contributed by atoms with van der Waals surface area (Å²) < 4.78 is 5.05. The Hall–Kier alpha value is -1.17. The van der Waals surface area contributed by atoms with Gasteiger partial charge >= 0.3 is 0 Å². The summed E-state index contributed by atoms with van der Waals surface area (Å²) in [5.41, 5.74) is 1.80. The fraction of sp³-hybridized carbons (Fsp3) is 0.692. The number of hydrogen-bond acceptors (Lipinski definition) is 4. The molecule has 6 heteroatoms. The van der Waals surface area contributed by atoms with Crippen molar-refractivity contribution in [2.45, 2.75) is 45.4 Å². The first-order valence-corrected chi connectivity index (χ1v) is 7.07. The zero-order valence-electron chi connectivity index (χ0n) is 12.0. The van der Waals surface area contributed by atoms with E-state index >= 15 is 0 Å². The normalized spacial score (nSPS) is 12.5. The summed E-state index contributed by atoms with van der Waals surface area (Å²) in [4.78, 5) is 19.2. The molecule has 108 valence electrons. The van der Waals surface area contributed by atoms with Gasteiger partial charge in [0.05, 0.1) is 30.3 Å². The van der Waals surface area contributed by atoms with Gasteiger partial charge in [0.15, 0.2) is 0 Å². The molecule has 0 saturated heterocycles. The van der Waals surface area contributed by atoms with Crippen molar-refractivity contribution >= 4 is 18.5 Å². The lowest BCUT2D eigenvalue weighted by Crippen LogP contribution is -2.32. The summed E-state index contributed by atoms with van der Waals surface area (Å²) in [7, 11) is 1.56. The van der Waals surface area contributed by atoms with Gasteiger partial charge in [0.1, 0.15) is 0 Å².